The quantitative estimate of drug-likeness (QED) is 0.375. The van der Waals surface area contributed by atoms with Crippen molar-refractivity contribution in [3.05, 3.63) is 77.4 Å². The van der Waals surface area contributed by atoms with Crippen molar-refractivity contribution in [2.24, 2.45) is 0 Å². The number of hydrogen-bond acceptors (Lipinski definition) is 5. The fraction of sp³-hybridized carbons (Fsp3) is 0.345. The molecule has 1 aliphatic rings. The average Bonchev–Trinajstić information content (AvgIpc) is 2.89. The predicted molar refractivity (Wildman–Crippen MR) is 139 cm³/mol. The van der Waals surface area contributed by atoms with Crippen LogP contribution in [0, 0.1) is 6.92 Å². The molecule has 4 rings (SSSR count). The highest BCUT2D eigenvalue weighted by Crippen LogP contribution is 2.35. The number of carbonyl (C=O) groups is 1. The number of ether oxygens (including phenoxy) is 2. The summed E-state index contributed by atoms with van der Waals surface area (Å²) in [5, 5.41) is 3.38. The van der Waals surface area contributed by atoms with Crippen LogP contribution in [-0.2, 0) is 4.74 Å². The number of rotatable bonds is 7. The Balaban J connectivity index is 1.51. The Hall–Kier alpha value is -3.47. The molecule has 178 valence electrons. The van der Waals surface area contributed by atoms with Gasteiger partial charge >= 0.3 is 5.97 Å². The second-order valence-electron chi connectivity index (χ2n) is 9.01. The zero-order valence-electron chi connectivity index (χ0n) is 20.6. The fourth-order valence-corrected chi connectivity index (χ4v) is 4.74. The largest absolute Gasteiger partial charge is 0.497 e. The maximum absolute atomic E-state index is 12.3. The summed E-state index contributed by atoms with van der Waals surface area (Å²) in [7, 11) is 5.05. The molecule has 0 unspecified atom stereocenters. The van der Waals surface area contributed by atoms with Gasteiger partial charge in [0.05, 0.1) is 25.5 Å². The standard InChI is InChI=1S/C29H34N2O3/c1-20-18-24(31(2)23-12-10-22(11-13-23)21-8-6-5-7-9-21)14-16-27(20)30-28-17-15-25(33-3)19-26(28)29(32)34-4/h10-19,21,30H,5-9H2,1-4H3. The fourth-order valence-electron chi connectivity index (χ4n) is 4.74. The van der Waals surface area contributed by atoms with Crippen LogP contribution in [0.4, 0.5) is 22.7 Å². The van der Waals surface area contributed by atoms with Crippen molar-refractivity contribution in [1.82, 2.24) is 0 Å². The van der Waals surface area contributed by atoms with Gasteiger partial charge in [-0.05, 0) is 85.3 Å². The Morgan fingerprint density at radius 2 is 1.56 bits per heavy atom. The van der Waals surface area contributed by atoms with Crippen LogP contribution in [-0.4, -0.2) is 27.2 Å². The summed E-state index contributed by atoms with van der Waals surface area (Å²) < 4.78 is 10.2. The second-order valence-corrected chi connectivity index (χ2v) is 9.01. The lowest BCUT2D eigenvalue weighted by Crippen LogP contribution is -2.11. The van der Waals surface area contributed by atoms with Gasteiger partial charge < -0.3 is 19.7 Å². The van der Waals surface area contributed by atoms with Gasteiger partial charge in [0, 0.05) is 24.1 Å². The van der Waals surface area contributed by atoms with Crippen LogP contribution in [0.5, 0.6) is 5.75 Å². The van der Waals surface area contributed by atoms with Crippen molar-refractivity contribution in [2.45, 2.75) is 44.9 Å². The average molecular weight is 459 g/mol. The maximum atomic E-state index is 12.3. The van der Waals surface area contributed by atoms with Crippen molar-refractivity contribution in [2.75, 3.05) is 31.5 Å². The SMILES string of the molecule is COC(=O)c1cc(OC)ccc1Nc1ccc(N(C)c2ccc(C3CCCCC3)cc2)cc1C. The normalized spacial score (nSPS) is 13.9. The number of esters is 1. The van der Waals surface area contributed by atoms with Crippen molar-refractivity contribution >= 4 is 28.7 Å². The molecule has 0 heterocycles. The second kappa shape index (κ2) is 10.6. The monoisotopic (exact) mass is 458 g/mol. The number of hydrogen-bond donors (Lipinski definition) is 1. The zero-order valence-corrected chi connectivity index (χ0v) is 20.6. The first kappa shape index (κ1) is 23.7. The van der Waals surface area contributed by atoms with E-state index in [-0.39, 0.29) is 0 Å². The van der Waals surface area contributed by atoms with Crippen LogP contribution < -0.4 is 15.0 Å². The molecule has 1 aliphatic carbocycles. The number of nitrogens with zero attached hydrogens (tertiary/aromatic N) is 1. The summed E-state index contributed by atoms with van der Waals surface area (Å²) in [6.45, 7) is 2.06. The molecule has 34 heavy (non-hydrogen) atoms. The minimum atomic E-state index is -0.410. The lowest BCUT2D eigenvalue weighted by atomic mass is 9.84. The van der Waals surface area contributed by atoms with E-state index < -0.39 is 5.97 Å². The minimum absolute atomic E-state index is 0.410. The number of methoxy groups -OCH3 is 2. The van der Waals surface area contributed by atoms with E-state index in [1.54, 1.807) is 13.2 Å². The Morgan fingerprint density at radius 3 is 2.21 bits per heavy atom. The van der Waals surface area contributed by atoms with E-state index in [0.29, 0.717) is 22.9 Å². The molecule has 0 amide bonds. The van der Waals surface area contributed by atoms with Crippen LogP contribution in [0.2, 0.25) is 0 Å². The summed E-state index contributed by atoms with van der Waals surface area (Å²) in [6.07, 6.45) is 6.71. The molecular formula is C29H34N2O3. The van der Waals surface area contributed by atoms with E-state index in [9.17, 15) is 4.79 Å². The predicted octanol–water partition coefficient (Wildman–Crippen LogP) is 7.35. The highest BCUT2D eigenvalue weighted by molar-refractivity contribution is 5.97. The number of anilines is 4. The molecule has 0 aromatic heterocycles. The van der Waals surface area contributed by atoms with Crippen LogP contribution >= 0.6 is 0 Å². The van der Waals surface area contributed by atoms with Crippen LogP contribution in [0.3, 0.4) is 0 Å². The van der Waals surface area contributed by atoms with Gasteiger partial charge in [-0.1, -0.05) is 31.4 Å². The van der Waals surface area contributed by atoms with Gasteiger partial charge in [0.2, 0.25) is 0 Å². The molecule has 0 atom stereocenters. The Morgan fingerprint density at radius 1 is 0.882 bits per heavy atom. The van der Waals surface area contributed by atoms with Gasteiger partial charge in [-0.2, -0.15) is 0 Å². The van der Waals surface area contributed by atoms with Crippen LogP contribution in [0.1, 0.15) is 59.5 Å². The van der Waals surface area contributed by atoms with E-state index in [1.807, 2.05) is 18.2 Å². The topological polar surface area (TPSA) is 50.8 Å². The molecule has 0 bridgehead atoms. The summed E-state index contributed by atoms with van der Waals surface area (Å²) in [5.74, 6) is 0.912. The van der Waals surface area contributed by atoms with E-state index >= 15 is 0 Å². The third-order valence-electron chi connectivity index (χ3n) is 6.86. The third kappa shape index (κ3) is 5.19. The lowest BCUT2D eigenvalue weighted by Gasteiger charge is -2.24. The van der Waals surface area contributed by atoms with E-state index in [4.69, 9.17) is 9.47 Å². The Kier molecular flexibility index (Phi) is 7.41. The third-order valence-corrected chi connectivity index (χ3v) is 6.86. The van der Waals surface area contributed by atoms with Gasteiger partial charge in [0.25, 0.3) is 0 Å². The zero-order chi connectivity index (χ0) is 24.1. The Bertz CT molecular complexity index is 1130. The molecule has 3 aromatic carbocycles. The van der Waals surface area contributed by atoms with E-state index in [1.165, 1.54) is 50.5 Å². The van der Waals surface area contributed by atoms with Gasteiger partial charge in [-0.25, -0.2) is 4.79 Å². The molecule has 1 saturated carbocycles. The molecule has 1 N–H and O–H groups in total. The molecule has 5 nitrogen and oxygen atoms in total. The first-order chi connectivity index (χ1) is 16.5. The summed E-state index contributed by atoms with van der Waals surface area (Å²) in [4.78, 5) is 14.5. The van der Waals surface area contributed by atoms with Crippen molar-refractivity contribution in [3.63, 3.8) is 0 Å². The van der Waals surface area contributed by atoms with Gasteiger partial charge in [-0.3, -0.25) is 0 Å². The summed E-state index contributed by atoms with van der Waals surface area (Å²) in [6, 6.07) is 20.7. The van der Waals surface area contributed by atoms with Gasteiger partial charge in [-0.15, -0.1) is 0 Å². The first-order valence-electron chi connectivity index (χ1n) is 12.0. The summed E-state index contributed by atoms with van der Waals surface area (Å²) in [5.41, 5.74) is 6.86. The molecule has 1 fully saturated rings. The van der Waals surface area contributed by atoms with Gasteiger partial charge in [0.15, 0.2) is 0 Å². The molecule has 5 heteroatoms. The van der Waals surface area contributed by atoms with Crippen molar-refractivity contribution < 1.29 is 14.3 Å². The minimum Gasteiger partial charge on any atom is -0.497 e. The smallest absolute Gasteiger partial charge is 0.340 e. The van der Waals surface area contributed by atoms with Crippen LogP contribution in [0.25, 0.3) is 0 Å². The number of nitrogens with one attached hydrogen (secondary N) is 1. The molecule has 0 aliphatic heterocycles. The number of aryl methyl sites for hydroxylation is 1. The van der Waals surface area contributed by atoms with E-state index in [0.717, 1.165) is 16.9 Å². The highest BCUT2D eigenvalue weighted by atomic mass is 16.5. The Labute approximate surface area is 202 Å². The van der Waals surface area contributed by atoms with E-state index in [2.05, 4.69) is 60.6 Å². The number of carbonyl (C=O) groups excluding carboxylic acids is 1. The van der Waals surface area contributed by atoms with Crippen molar-refractivity contribution in [1.29, 1.82) is 0 Å². The van der Waals surface area contributed by atoms with Crippen LogP contribution in [0.15, 0.2) is 60.7 Å². The molecule has 0 spiro atoms. The molecule has 0 radical (unpaired) electrons. The molecule has 3 aromatic rings. The molecular weight excluding hydrogens is 424 g/mol. The van der Waals surface area contributed by atoms with Crippen molar-refractivity contribution in [3.8, 4) is 5.75 Å². The highest BCUT2D eigenvalue weighted by Gasteiger charge is 2.17. The first-order valence-corrected chi connectivity index (χ1v) is 12.0. The number of benzene rings is 3. The van der Waals surface area contributed by atoms with Gasteiger partial charge in [0.1, 0.15) is 5.75 Å². The molecule has 0 saturated heterocycles. The lowest BCUT2D eigenvalue weighted by molar-refractivity contribution is 0.0601. The maximum Gasteiger partial charge on any atom is 0.340 e. The summed E-state index contributed by atoms with van der Waals surface area (Å²) >= 11 is 0.